The highest BCUT2D eigenvalue weighted by atomic mass is 19.4. The first-order valence-corrected chi connectivity index (χ1v) is 12.4. The van der Waals surface area contributed by atoms with Gasteiger partial charge in [0.1, 0.15) is 6.33 Å². The van der Waals surface area contributed by atoms with E-state index in [1.807, 2.05) is 0 Å². The molecule has 0 bridgehead atoms. The molecular weight excluding hydrogens is 508 g/mol. The number of nitrogens with zero attached hydrogens (tertiary/aromatic N) is 4. The fraction of sp³-hybridized carbons (Fsp3) is 0.560. The predicted octanol–water partition coefficient (Wildman–Crippen LogP) is 2.13. The van der Waals surface area contributed by atoms with Crippen LogP contribution in [-0.4, -0.2) is 75.5 Å². The lowest BCUT2D eigenvalue weighted by atomic mass is 9.93. The summed E-state index contributed by atoms with van der Waals surface area (Å²) in [6.07, 6.45) is -2.06. The number of halogens is 4. The van der Waals surface area contributed by atoms with Crippen LogP contribution in [0.25, 0.3) is 0 Å². The van der Waals surface area contributed by atoms with Crippen molar-refractivity contribution < 1.29 is 32.6 Å². The second-order valence-electron chi connectivity index (χ2n) is 10.2. The van der Waals surface area contributed by atoms with Gasteiger partial charge in [-0.15, -0.1) is 0 Å². The van der Waals surface area contributed by atoms with Gasteiger partial charge in [-0.3, -0.25) is 9.69 Å². The maximum absolute atomic E-state index is 15.5. The first kappa shape index (κ1) is 28.0. The Balaban J connectivity index is 1.43. The topological polar surface area (TPSA) is 128 Å². The molecule has 2 heterocycles. The summed E-state index contributed by atoms with van der Waals surface area (Å²) in [6, 6.07) is 5.43. The van der Waals surface area contributed by atoms with Crippen LogP contribution in [0.15, 0.2) is 30.6 Å². The molecule has 208 valence electrons. The van der Waals surface area contributed by atoms with E-state index in [1.54, 1.807) is 9.80 Å². The van der Waals surface area contributed by atoms with Gasteiger partial charge in [0.2, 0.25) is 11.7 Å². The number of amides is 1. The van der Waals surface area contributed by atoms with E-state index < -0.39 is 29.6 Å². The zero-order chi connectivity index (χ0) is 27.7. The molecule has 4 rings (SSSR count). The largest absolute Gasteiger partial charge is 0.421 e. The number of anilines is 2. The Morgan fingerprint density at radius 3 is 2.47 bits per heavy atom. The molecular formula is C25H32F4N6O3. The van der Waals surface area contributed by atoms with Gasteiger partial charge >= 0.3 is 6.18 Å². The number of carbonyl (C=O) groups excluding carboxylic acids is 1. The average Bonchev–Trinajstić information content (AvgIpc) is 3.68. The molecule has 1 aliphatic carbocycles. The molecule has 2 fully saturated rings. The lowest BCUT2D eigenvalue weighted by Crippen LogP contribution is -2.48. The minimum Gasteiger partial charge on any atom is -0.391 e. The molecule has 1 saturated heterocycles. The molecule has 38 heavy (non-hydrogen) atoms. The van der Waals surface area contributed by atoms with Crippen molar-refractivity contribution in [2.75, 3.05) is 36.4 Å². The van der Waals surface area contributed by atoms with E-state index in [9.17, 15) is 28.2 Å². The summed E-state index contributed by atoms with van der Waals surface area (Å²) >= 11 is 0. The Bertz CT molecular complexity index is 1130. The fourth-order valence-corrected chi connectivity index (χ4v) is 4.62. The normalized spacial score (nSPS) is 22.1. The van der Waals surface area contributed by atoms with Crippen LogP contribution in [0.2, 0.25) is 0 Å². The second kappa shape index (κ2) is 11.0. The molecule has 0 spiro atoms. The number of hydrogen-bond donors (Lipinski definition) is 4. The lowest BCUT2D eigenvalue weighted by Gasteiger charge is -2.35. The van der Waals surface area contributed by atoms with Gasteiger partial charge in [-0.2, -0.15) is 17.6 Å². The zero-order valence-corrected chi connectivity index (χ0v) is 21.0. The fourth-order valence-electron chi connectivity index (χ4n) is 4.62. The summed E-state index contributed by atoms with van der Waals surface area (Å²) in [5.74, 6) is -1.23. The Hall–Kier alpha value is -3.03. The summed E-state index contributed by atoms with van der Waals surface area (Å²) < 4.78 is 55.0. The third-order valence-electron chi connectivity index (χ3n) is 7.17. The number of hydrogen-bond acceptors (Lipinski definition) is 8. The van der Waals surface area contributed by atoms with Crippen molar-refractivity contribution in [3.05, 3.63) is 47.5 Å². The standard InChI is InChI=1S/C25H32F4N6O3/c1-24(38,25(27,28)29)17-4-2-15(3-5-17)11-35(18-6-7-18)23-21(26)22(32-14-33-23)31-10-16-8-9-34(12-19(16)36)13-20(30)37/h2-5,14,16,18-19,36,38H,6-13H2,1H3,(H2,30,37)(H,31,32,33)/t16-,19+,24?/m0/s1. The molecule has 1 aromatic carbocycles. The molecule has 1 saturated carbocycles. The number of aliphatic hydroxyl groups is 2. The van der Waals surface area contributed by atoms with Crippen LogP contribution < -0.4 is 16.0 Å². The van der Waals surface area contributed by atoms with Crippen LogP contribution >= 0.6 is 0 Å². The number of carbonyl (C=O) groups is 1. The van der Waals surface area contributed by atoms with Gasteiger partial charge in [-0.25, -0.2) is 9.97 Å². The summed E-state index contributed by atoms with van der Waals surface area (Å²) in [5.41, 5.74) is 2.60. The van der Waals surface area contributed by atoms with Crippen LogP contribution in [0.5, 0.6) is 0 Å². The van der Waals surface area contributed by atoms with E-state index in [0.717, 1.165) is 12.8 Å². The number of aromatic nitrogens is 2. The molecule has 1 aliphatic heterocycles. The first-order valence-electron chi connectivity index (χ1n) is 12.4. The van der Waals surface area contributed by atoms with Crippen LogP contribution in [0.1, 0.15) is 37.3 Å². The number of rotatable bonds is 10. The van der Waals surface area contributed by atoms with E-state index in [1.165, 1.54) is 30.6 Å². The Labute approximate surface area is 217 Å². The van der Waals surface area contributed by atoms with Gasteiger partial charge in [-0.05, 0) is 43.9 Å². The number of nitrogens with two attached hydrogens (primary N) is 1. The smallest absolute Gasteiger partial charge is 0.391 e. The van der Waals surface area contributed by atoms with Gasteiger partial charge < -0.3 is 26.2 Å². The van der Waals surface area contributed by atoms with Crippen molar-refractivity contribution in [2.24, 2.45) is 11.7 Å². The molecule has 0 radical (unpaired) electrons. The number of benzene rings is 1. The van der Waals surface area contributed by atoms with Crippen molar-refractivity contribution in [2.45, 2.75) is 56.7 Å². The number of nitrogens with one attached hydrogen (secondary N) is 1. The molecule has 5 N–H and O–H groups in total. The monoisotopic (exact) mass is 540 g/mol. The number of alkyl halides is 3. The number of aliphatic hydroxyl groups excluding tert-OH is 1. The van der Waals surface area contributed by atoms with Crippen LogP contribution in [-0.2, 0) is 16.9 Å². The SMILES string of the molecule is CC(O)(c1ccc(CN(c2ncnc(NC[C@@H]3CCN(CC(N)=O)C[C@H]3O)c2F)C2CC2)cc1)C(F)(F)F. The van der Waals surface area contributed by atoms with Crippen LogP contribution in [0.3, 0.4) is 0 Å². The minimum atomic E-state index is -4.82. The summed E-state index contributed by atoms with van der Waals surface area (Å²) in [7, 11) is 0. The number of β-amino-alcohol motifs (C(OH)–C–C–N with tert-alkyl or cyclic N) is 1. The zero-order valence-electron chi connectivity index (χ0n) is 21.0. The minimum absolute atomic E-state index is 0.0102. The maximum Gasteiger partial charge on any atom is 0.421 e. The molecule has 1 amide bonds. The number of primary amides is 1. The van der Waals surface area contributed by atoms with Crippen molar-refractivity contribution in [3.8, 4) is 0 Å². The average molecular weight is 541 g/mol. The molecule has 13 heteroatoms. The van der Waals surface area contributed by atoms with E-state index >= 15 is 4.39 Å². The first-order chi connectivity index (χ1) is 17.9. The predicted molar refractivity (Wildman–Crippen MR) is 132 cm³/mol. The van der Waals surface area contributed by atoms with Gasteiger partial charge in [0.05, 0.1) is 12.6 Å². The number of piperidine rings is 1. The van der Waals surface area contributed by atoms with Gasteiger partial charge in [0.25, 0.3) is 0 Å². The van der Waals surface area contributed by atoms with E-state index in [-0.39, 0.29) is 48.8 Å². The third-order valence-corrected chi connectivity index (χ3v) is 7.17. The summed E-state index contributed by atoms with van der Waals surface area (Å²) in [6.45, 7) is 2.12. The van der Waals surface area contributed by atoms with E-state index in [4.69, 9.17) is 5.73 Å². The van der Waals surface area contributed by atoms with Crippen LogP contribution in [0, 0.1) is 11.7 Å². The van der Waals surface area contributed by atoms with E-state index in [0.29, 0.717) is 32.0 Å². The van der Waals surface area contributed by atoms with Crippen molar-refractivity contribution in [1.29, 1.82) is 0 Å². The molecule has 2 aromatic rings. The Morgan fingerprint density at radius 2 is 1.89 bits per heavy atom. The molecule has 3 atom stereocenters. The van der Waals surface area contributed by atoms with Crippen molar-refractivity contribution in [1.82, 2.24) is 14.9 Å². The van der Waals surface area contributed by atoms with Crippen LogP contribution in [0.4, 0.5) is 29.2 Å². The third kappa shape index (κ3) is 6.33. The van der Waals surface area contributed by atoms with Gasteiger partial charge in [0, 0.05) is 31.6 Å². The molecule has 2 aliphatic rings. The quantitative estimate of drug-likeness (QED) is 0.338. The van der Waals surface area contributed by atoms with Crippen molar-refractivity contribution in [3.63, 3.8) is 0 Å². The summed E-state index contributed by atoms with van der Waals surface area (Å²) in [5, 5.41) is 23.3. The highest BCUT2D eigenvalue weighted by molar-refractivity contribution is 5.75. The molecule has 1 aromatic heterocycles. The summed E-state index contributed by atoms with van der Waals surface area (Å²) in [4.78, 5) is 22.8. The lowest BCUT2D eigenvalue weighted by molar-refractivity contribution is -0.258. The Morgan fingerprint density at radius 1 is 1.21 bits per heavy atom. The molecule has 9 nitrogen and oxygen atoms in total. The molecule has 1 unspecified atom stereocenters. The second-order valence-corrected chi connectivity index (χ2v) is 10.2. The Kier molecular flexibility index (Phi) is 8.09. The van der Waals surface area contributed by atoms with Gasteiger partial charge in [-0.1, -0.05) is 24.3 Å². The number of likely N-dealkylation sites (tertiary alicyclic amines) is 1. The highest BCUT2D eigenvalue weighted by Crippen LogP contribution is 2.39. The highest BCUT2D eigenvalue weighted by Gasteiger charge is 2.51. The van der Waals surface area contributed by atoms with Gasteiger partial charge in [0.15, 0.2) is 17.2 Å². The van der Waals surface area contributed by atoms with Crippen molar-refractivity contribution >= 4 is 17.5 Å². The van der Waals surface area contributed by atoms with E-state index in [2.05, 4.69) is 15.3 Å². The maximum atomic E-state index is 15.5.